The molecule has 1 aliphatic heterocycles. The van der Waals surface area contributed by atoms with Crippen LogP contribution in [0.25, 0.3) is 0 Å². The first kappa shape index (κ1) is 10.6. The van der Waals surface area contributed by atoms with Crippen molar-refractivity contribution in [3.05, 3.63) is 35.6 Å². The molecule has 1 aliphatic rings. The lowest BCUT2D eigenvalue weighted by atomic mass is 9.91. The highest BCUT2D eigenvalue weighted by Gasteiger charge is 2.12. The van der Waals surface area contributed by atoms with Crippen molar-refractivity contribution in [1.82, 2.24) is 5.32 Å². The summed E-state index contributed by atoms with van der Waals surface area (Å²) >= 11 is 0. The van der Waals surface area contributed by atoms with Crippen LogP contribution >= 0.6 is 0 Å². The number of hydrogen-bond acceptors (Lipinski definition) is 1. The zero-order chi connectivity index (χ0) is 10.5. The van der Waals surface area contributed by atoms with Crippen LogP contribution in [0.2, 0.25) is 0 Å². The van der Waals surface area contributed by atoms with Crippen molar-refractivity contribution in [3.63, 3.8) is 0 Å². The SMILES string of the molecule is Fc1ccc(CCC2CCNCC2)cc1. The number of nitrogens with one attached hydrogen (secondary N) is 1. The summed E-state index contributed by atoms with van der Waals surface area (Å²) < 4.78 is 12.7. The van der Waals surface area contributed by atoms with Crippen LogP contribution in [0.15, 0.2) is 24.3 Å². The van der Waals surface area contributed by atoms with Crippen molar-refractivity contribution >= 4 is 0 Å². The Balaban J connectivity index is 1.79. The molecule has 0 amide bonds. The maximum absolute atomic E-state index is 12.7. The average molecular weight is 207 g/mol. The van der Waals surface area contributed by atoms with E-state index in [2.05, 4.69) is 5.32 Å². The van der Waals surface area contributed by atoms with Gasteiger partial charge in [-0.25, -0.2) is 4.39 Å². The summed E-state index contributed by atoms with van der Waals surface area (Å²) in [6.45, 7) is 2.32. The van der Waals surface area contributed by atoms with Gasteiger partial charge in [0.15, 0.2) is 0 Å². The normalized spacial score (nSPS) is 17.9. The average Bonchev–Trinajstić information content (AvgIpc) is 2.30. The molecule has 1 aromatic rings. The molecule has 0 atom stereocenters. The number of rotatable bonds is 3. The molecular formula is C13H18FN. The molecule has 0 aromatic heterocycles. The Bertz CT molecular complexity index is 288. The summed E-state index contributed by atoms with van der Waals surface area (Å²) in [5.41, 5.74) is 1.26. The number of aryl methyl sites for hydroxylation is 1. The third-order valence-electron chi connectivity index (χ3n) is 3.21. The van der Waals surface area contributed by atoms with Crippen LogP contribution in [-0.4, -0.2) is 13.1 Å². The van der Waals surface area contributed by atoms with Gasteiger partial charge >= 0.3 is 0 Å². The van der Waals surface area contributed by atoms with E-state index in [0.29, 0.717) is 0 Å². The van der Waals surface area contributed by atoms with Gasteiger partial charge in [0.1, 0.15) is 5.82 Å². The largest absolute Gasteiger partial charge is 0.317 e. The second kappa shape index (κ2) is 5.26. The molecule has 2 heteroatoms. The number of hydrogen-bond donors (Lipinski definition) is 1. The van der Waals surface area contributed by atoms with Gasteiger partial charge in [-0.3, -0.25) is 0 Å². The van der Waals surface area contributed by atoms with Gasteiger partial charge in [0.2, 0.25) is 0 Å². The lowest BCUT2D eigenvalue weighted by molar-refractivity contribution is 0.354. The van der Waals surface area contributed by atoms with Crippen LogP contribution in [0.1, 0.15) is 24.8 Å². The molecule has 0 aliphatic carbocycles. The lowest BCUT2D eigenvalue weighted by Gasteiger charge is -2.22. The Morgan fingerprint density at radius 3 is 2.47 bits per heavy atom. The molecular weight excluding hydrogens is 189 g/mol. The van der Waals surface area contributed by atoms with Crippen molar-refractivity contribution in [2.45, 2.75) is 25.7 Å². The van der Waals surface area contributed by atoms with E-state index in [9.17, 15) is 4.39 Å². The van der Waals surface area contributed by atoms with E-state index in [1.165, 1.54) is 24.8 Å². The summed E-state index contributed by atoms with van der Waals surface area (Å²) in [5.74, 6) is 0.719. The molecule has 0 saturated carbocycles. The van der Waals surface area contributed by atoms with Gasteiger partial charge < -0.3 is 5.32 Å². The van der Waals surface area contributed by atoms with Crippen molar-refractivity contribution in [2.24, 2.45) is 5.92 Å². The van der Waals surface area contributed by atoms with Crippen LogP contribution in [0.3, 0.4) is 0 Å². The highest BCUT2D eigenvalue weighted by molar-refractivity contribution is 5.16. The first-order valence-corrected chi connectivity index (χ1v) is 5.80. The van der Waals surface area contributed by atoms with Gasteiger partial charge in [-0.2, -0.15) is 0 Å². The van der Waals surface area contributed by atoms with E-state index < -0.39 is 0 Å². The summed E-state index contributed by atoms with van der Waals surface area (Å²) in [6, 6.07) is 6.91. The second-order valence-electron chi connectivity index (χ2n) is 4.36. The molecule has 0 spiro atoms. The minimum absolute atomic E-state index is 0.138. The molecule has 82 valence electrons. The smallest absolute Gasteiger partial charge is 0.123 e. The minimum Gasteiger partial charge on any atom is -0.317 e. The van der Waals surface area contributed by atoms with E-state index in [1.807, 2.05) is 12.1 Å². The summed E-state index contributed by atoms with van der Waals surface area (Å²) in [4.78, 5) is 0. The molecule has 0 unspecified atom stereocenters. The zero-order valence-electron chi connectivity index (χ0n) is 9.01. The van der Waals surface area contributed by atoms with Crippen LogP contribution in [-0.2, 0) is 6.42 Å². The molecule has 1 saturated heterocycles. The highest BCUT2D eigenvalue weighted by atomic mass is 19.1. The topological polar surface area (TPSA) is 12.0 Å². The minimum atomic E-state index is -0.138. The zero-order valence-corrected chi connectivity index (χ0v) is 9.01. The van der Waals surface area contributed by atoms with Crippen LogP contribution in [0.4, 0.5) is 4.39 Å². The van der Waals surface area contributed by atoms with E-state index in [0.717, 1.165) is 25.4 Å². The highest BCUT2D eigenvalue weighted by Crippen LogP contribution is 2.18. The molecule has 0 bridgehead atoms. The standard InChI is InChI=1S/C13H18FN/c14-13-5-3-11(4-6-13)1-2-12-7-9-15-10-8-12/h3-6,12,15H,1-2,7-10H2. The summed E-state index contributed by atoms with van der Waals surface area (Å²) in [7, 11) is 0. The van der Waals surface area contributed by atoms with E-state index >= 15 is 0 Å². The van der Waals surface area contributed by atoms with E-state index in [1.54, 1.807) is 12.1 Å². The van der Waals surface area contributed by atoms with E-state index in [4.69, 9.17) is 0 Å². The number of piperidine rings is 1. The van der Waals surface area contributed by atoms with Gasteiger partial charge in [-0.1, -0.05) is 12.1 Å². The Morgan fingerprint density at radius 1 is 1.13 bits per heavy atom. The van der Waals surface area contributed by atoms with Crippen molar-refractivity contribution in [3.8, 4) is 0 Å². The molecule has 1 fully saturated rings. The van der Waals surface area contributed by atoms with Gasteiger partial charge in [0, 0.05) is 0 Å². The Hall–Kier alpha value is -0.890. The maximum Gasteiger partial charge on any atom is 0.123 e. The quantitative estimate of drug-likeness (QED) is 0.803. The van der Waals surface area contributed by atoms with Crippen molar-refractivity contribution in [2.75, 3.05) is 13.1 Å². The fourth-order valence-electron chi connectivity index (χ4n) is 2.19. The van der Waals surface area contributed by atoms with Crippen LogP contribution in [0.5, 0.6) is 0 Å². The molecule has 1 aromatic carbocycles. The second-order valence-corrected chi connectivity index (χ2v) is 4.36. The van der Waals surface area contributed by atoms with Gasteiger partial charge in [0.25, 0.3) is 0 Å². The first-order valence-electron chi connectivity index (χ1n) is 5.80. The van der Waals surface area contributed by atoms with E-state index in [-0.39, 0.29) is 5.82 Å². The number of benzene rings is 1. The number of halogens is 1. The Kier molecular flexibility index (Phi) is 3.73. The van der Waals surface area contributed by atoms with Crippen molar-refractivity contribution < 1.29 is 4.39 Å². The third-order valence-corrected chi connectivity index (χ3v) is 3.21. The summed E-state index contributed by atoms with van der Waals surface area (Å²) in [5, 5.41) is 3.37. The lowest BCUT2D eigenvalue weighted by Crippen LogP contribution is -2.27. The molecule has 1 N–H and O–H groups in total. The predicted octanol–water partition coefficient (Wildman–Crippen LogP) is 2.76. The fourth-order valence-corrected chi connectivity index (χ4v) is 2.19. The molecule has 15 heavy (non-hydrogen) atoms. The Labute approximate surface area is 90.7 Å². The third kappa shape index (κ3) is 3.31. The molecule has 0 radical (unpaired) electrons. The van der Waals surface area contributed by atoms with Crippen molar-refractivity contribution in [1.29, 1.82) is 0 Å². The molecule has 1 heterocycles. The monoisotopic (exact) mass is 207 g/mol. The van der Waals surface area contributed by atoms with Crippen LogP contribution < -0.4 is 5.32 Å². The predicted molar refractivity (Wildman–Crippen MR) is 60.3 cm³/mol. The fraction of sp³-hybridized carbons (Fsp3) is 0.538. The molecule has 2 rings (SSSR count). The van der Waals surface area contributed by atoms with Gasteiger partial charge in [-0.05, 0) is 62.4 Å². The maximum atomic E-state index is 12.7. The van der Waals surface area contributed by atoms with Gasteiger partial charge in [-0.15, -0.1) is 0 Å². The Morgan fingerprint density at radius 2 is 1.80 bits per heavy atom. The first-order chi connectivity index (χ1) is 7.34. The summed E-state index contributed by atoms with van der Waals surface area (Å²) in [6.07, 6.45) is 4.92. The van der Waals surface area contributed by atoms with Gasteiger partial charge in [0.05, 0.1) is 0 Å². The molecule has 1 nitrogen and oxygen atoms in total. The van der Waals surface area contributed by atoms with Crippen LogP contribution in [0, 0.1) is 11.7 Å².